The van der Waals surface area contributed by atoms with Crippen LogP contribution in [0.25, 0.3) is 0 Å². The quantitative estimate of drug-likeness (QED) is 0.819. The maximum absolute atomic E-state index is 5.60. The maximum Gasteiger partial charge on any atom is 0.219 e. The van der Waals surface area contributed by atoms with E-state index in [1.165, 1.54) is 0 Å². The summed E-state index contributed by atoms with van der Waals surface area (Å²) in [7, 11) is 0. The third-order valence-corrected chi connectivity index (χ3v) is 2.40. The Morgan fingerprint density at radius 3 is 2.80 bits per heavy atom. The highest BCUT2D eigenvalue weighted by Crippen LogP contribution is 2.23. The summed E-state index contributed by atoms with van der Waals surface area (Å²) in [5.41, 5.74) is 1.13. The molecule has 15 heavy (non-hydrogen) atoms. The second kappa shape index (κ2) is 4.45. The van der Waals surface area contributed by atoms with Crippen LogP contribution < -0.4 is 4.74 Å². The van der Waals surface area contributed by atoms with E-state index in [0.29, 0.717) is 5.88 Å². The number of aryl methyl sites for hydroxylation is 1. The van der Waals surface area contributed by atoms with Crippen molar-refractivity contribution in [2.24, 2.45) is 0 Å². The highest BCUT2D eigenvalue weighted by molar-refractivity contribution is 9.10. The van der Waals surface area contributed by atoms with E-state index in [2.05, 4.69) is 20.9 Å². The Bertz CT molecular complexity index is 427. The van der Waals surface area contributed by atoms with Crippen LogP contribution >= 0.6 is 15.9 Å². The summed E-state index contributed by atoms with van der Waals surface area (Å²) in [6, 6.07) is 11.5. The molecule has 1 aromatic carbocycles. The minimum atomic E-state index is 0.619. The minimum Gasteiger partial charge on any atom is -0.439 e. The van der Waals surface area contributed by atoms with Crippen LogP contribution in [-0.2, 0) is 0 Å². The van der Waals surface area contributed by atoms with Crippen LogP contribution in [0.15, 0.2) is 47.1 Å². The van der Waals surface area contributed by atoms with Crippen molar-refractivity contribution in [2.45, 2.75) is 6.92 Å². The molecule has 0 N–H and O–H groups in total. The summed E-state index contributed by atoms with van der Waals surface area (Å²) in [4.78, 5) is 4.13. The average Bonchev–Trinajstić information content (AvgIpc) is 2.17. The fourth-order valence-electron chi connectivity index (χ4n) is 1.22. The molecule has 0 saturated carbocycles. The zero-order chi connectivity index (χ0) is 10.7. The number of halogens is 1. The highest BCUT2D eigenvalue weighted by atomic mass is 79.9. The molecule has 0 unspecified atom stereocenters. The van der Waals surface area contributed by atoms with Crippen LogP contribution in [0.2, 0.25) is 0 Å². The minimum absolute atomic E-state index is 0.619. The smallest absolute Gasteiger partial charge is 0.219 e. The standard InChI is InChI=1S/C12H10BrNO/c1-9-5-6-14-12(7-9)15-11-4-2-3-10(13)8-11/h2-8H,1H3. The fourth-order valence-corrected chi connectivity index (χ4v) is 1.59. The molecule has 0 bridgehead atoms. The van der Waals surface area contributed by atoms with Crippen LogP contribution in [0.3, 0.4) is 0 Å². The third kappa shape index (κ3) is 2.80. The van der Waals surface area contributed by atoms with Gasteiger partial charge in [-0.05, 0) is 36.8 Å². The lowest BCUT2D eigenvalue weighted by Crippen LogP contribution is -1.87. The molecular formula is C12H10BrNO. The van der Waals surface area contributed by atoms with Crippen molar-refractivity contribution in [3.8, 4) is 11.6 Å². The van der Waals surface area contributed by atoms with Gasteiger partial charge in [0.25, 0.3) is 0 Å². The van der Waals surface area contributed by atoms with Gasteiger partial charge in [0.05, 0.1) is 0 Å². The molecule has 2 aromatic rings. The van der Waals surface area contributed by atoms with E-state index in [0.717, 1.165) is 15.8 Å². The van der Waals surface area contributed by atoms with Gasteiger partial charge in [-0.15, -0.1) is 0 Å². The fraction of sp³-hybridized carbons (Fsp3) is 0.0833. The molecule has 0 aliphatic carbocycles. The number of rotatable bonds is 2. The zero-order valence-electron chi connectivity index (χ0n) is 8.27. The van der Waals surface area contributed by atoms with Crippen molar-refractivity contribution in [1.82, 2.24) is 4.98 Å². The largest absolute Gasteiger partial charge is 0.439 e. The van der Waals surface area contributed by atoms with E-state index in [9.17, 15) is 0 Å². The van der Waals surface area contributed by atoms with Gasteiger partial charge in [-0.25, -0.2) is 4.98 Å². The Labute approximate surface area is 97.1 Å². The predicted molar refractivity (Wildman–Crippen MR) is 63.2 cm³/mol. The Kier molecular flexibility index (Phi) is 3.02. The first-order chi connectivity index (χ1) is 7.24. The lowest BCUT2D eigenvalue weighted by atomic mass is 10.3. The van der Waals surface area contributed by atoms with Crippen molar-refractivity contribution in [2.75, 3.05) is 0 Å². The van der Waals surface area contributed by atoms with E-state index in [1.807, 2.05) is 43.3 Å². The summed E-state index contributed by atoms with van der Waals surface area (Å²) in [6.07, 6.45) is 1.74. The number of hydrogen-bond acceptors (Lipinski definition) is 2. The van der Waals surface area contributed by atoms with Crippen LogP contribution in [0.5, 0.6) is 11.6 Å². The van der Waals surface area contributed by atoms with Gasteiger partial charge in [0.15, 0.2) is 0 Å². The van der Waals surface area contributed by atoms with Crippen molar-refractivity contribution in [3.63, 3.8) is 0 Å². The molecule has 2 nitrogen and oxygen atoms in total. The molecule has 0 fully saturated rings. The number of benzene rings is 1. The van der Waals surface area contributed by atoms with Gasteiger partial charge in [-0.2, -0.15) is 0 Å². The number of aromatic nitrogens is 1. The van der Waals surface area contributed by atoms with E-state index in [4.69, 9.17) is 4.74 Å². The average molecular weight is 264 g/mol. The monoisotopic (exact) mass is 263 g/mol. The molecule has 0 saturated heterocycles. The lowest BCUT2D eigenvalue weighted by molar-refractivity contribution is 0.462. The molecule has 0 aliphatic heterocycles. The van der Waals surface area contributed by atoms with Crippen LogP contribution in [0, 0.1) is 6.92 Å². The van der Waals surface area contributed by atoms with Crippen LogP contribution in [0.1, 0.15) is 5.56 Å². The van der Waals surface area contributed by atoms with E-state index < -0.39 is 0 Å². The van der Waals surface area contributed by atoms with E-state index in [-0.39, 0.29) is 0 Å². The molecule has 2 rings (SSSR count). The number of hydrogen-bond donors (Lipinski definition) is 0. The SMILES string of the molecule is Cc1ccnc(Oc2cccc(Br)c2)c1. The Morgan fingerprint density at radius 1 is 1.20 bits per heavy atom. The molecule has 3 heteroatoms. The Balaban J connectivity index is 2.22. The summed E-state index contributed by atoms with van der Waals surface area (Å²) in [6.45, 7) is 2.01. The first kappa shape index (κ1) is 10.2. The number of ether oxygens (including phenoxy) is 1. The topological polar surface area (TPSA) is 22.1 Å². The highest BCUT2D eigenvalue weighted by Gasteiger charge is 1.98. The summed E-state index contributed by atoms with van der Waals surface area (Å²) < 4.78 is 6.59. The second-order valence-electron chi connectivity index (χ2n) is 3.23. The number of nitrogens with zero attached hydrogens (tertiary/aromatic N) is 1. The van der Waals surface area contributed by atoms with E-state index in [1.54, 1.807) is 6.20 Å². The third-order valence-electron chi connectivity index (χ3n) is 1.91. The molecular weight excluding hydrogens is 254 g/mol. The van der Waals surface area contributed by atoms with Gasteiger partial charge in [-0.3, -0.25) is 0 Å². The van der Waals surface area contributed by atoms with Gasteiger partial charge in [0.2, 0.25) is 5.88 Å². The summed E-state index contributed by atoms with van der Waals surface area (Å²) in [5.74, 6) is 1.40. The first-order valence-electron chi connectivity index (χ1n) is 4.60. The van der Waals surface area contributed by atoms with Crippen LogP contribution in [-0.4, -0.2) is 4.98 Å². The van der Waals surface area contributed by atoms with Crippen molar-refractivity contribution in [1.29, 1.82) is 0 Å². The van der Waals surface area contributed by atoms with Gasteiger partial charge < -0.3 is 4.74 Å². The molecule has 1 heterocycles. The van der Waals surface area contributed by atoms with Crippen molar-refractivity contribution >= 4 is 15.9 Å². The lowest BCUT2D eigenvalue weighted by Gasteiger charge is -2.04. The van der Waals surface area contributed by atoms with Gasteiger partial charge >= 0.3 is 0 Å². The van der Waals surface area contributed by atoms with Gasteiger partial charge in [0.1, 0.15) is 5.75 Å². The van der Waals surface area contributed by atoms with E-state index >= 15 is 0 Å². The van der Waals surface area contributed by atoms with Crippen molar-refractivity contribution < 1.29 is 4.74 Å². The van der Waals surface area contributed by atoms with Crippen molar-refractivity contribution in [3.05, 3.63) is 52.6 Å². The summed E-state index contributed by atoms with van der Waals surface area (Å²) >= 11 is 3.39. The second-order valence-corrected chi connectivity index (χ2v) is 4.15. The Hall–Kier alpha value is -1.35. The number of pyridine rings is 1. The molecule has 76 valence electrons. The maximum atomic E-state index is 5.60. The Morgan fingerprint density at radius 2 is 2.07 bits per heavy atom. The molecule has 1 aromatic heterocycles. The molecule has 0 amide bonds. The van der Waals surface area contributed by atoms with Crippen LogP contribution in [0.4, 0.5) is 0 Å². The zero-order valence-corrected chi connectivity index (χ0v) is 9.86. The molecule has 0 aliphatic rings. The summed E-state index contributed by atoms with van der Waals surface area (Å²) in [5, 5.41) is 0. The molecule has 0 spiro atoms. The van der Waals surface area contributed by atoms with Gasteiger partial charge in [-0.1, -0.05) is 22.0 Å². The first-order valence-corrected chi connectivity index (χ1v) is 5.39. The molecule has 0 radical (unpaired) electrons. The van der Waals surface area contributed by atoms with Gasteiger partial charge in [0, 0.05) is 16.7 Å². The normalized spacial score (nSPS) is 10.0. The molecule has 0 atom stereocenters. The predicted octanol–water partition coefficient (Wildman–Crippen LogP) is 3.94.